The lowest BCUT2D eigenvalue weighted by Gasteiger charge is -2.33. The summed E-state index contributed by atoms with van der Waals surface area (Å²) >= 11 is 0. The molecule has 3 aromatic rings. The lowest BCUT2D eigenvalue weighted by atomic mass is 10.1. The number of rotatable bonds is 13. The molecule has 41 heavy (non-hydrogen) atoms. The van der Waals surface area contributed by atoms with Crippen molar-refractivity contribution in [3.05, 3.63) is 89.0 Å². The second-order valence-electron chi connectivity index (χ2n) is 10.2. The zero-order chi connectivity index (χ0) is 30.2. The van der Waals surface area contributed by atoms with Gasteiger partial charge in [0.05, 0.1) is 17.7 Å². The van der Waals surface area contributed by atoms with Gasteiger partial charge in [-0.2, -0.15) is 0 Å². The van der Waals surface area contributed by atoms with E-state index in [1.165, 1.54) is 4.90 Å². The molecule has 0 saturated carbocycles. The molecule has 0 saturated heterocycles. The van der Waals surface area contributed by atoms with Crippen LogP contribution in [0.1, 0.15) is 48.9 Å². The molecule has 220 valence electrons. The first kappa shape index (κ1) is 31.7. The number of methoxy groups -OCH3 is 1. The van der Waals surface area contributed by atoms with E-state index in [1.807, 2.05) is 65.0 Å². The van der Waals surface area contributed by atoms with Crippen LogP contribution in [0.5, 0.6) is 5.75 Å². The van der Waals surface area contributed by atoms with Crippen molar-refractivity contribution in [1.82, 2.24) is 10.2 Å². The lowest BCUT2D eigenvalue weighted by Crippen LogP contribution is -2.52. The minimum Gasteiger partial charge on any atom is -0.497 e. The number of sulfonamides is 1. The number of nitrogens with one attached hydrogen (secondary N) is 1. The third-order valence-electron chi connectivity index (χ3n) is 6.93. The summed E-state index contributed by atoms with van der Waals surface area (Å²) in [6.07, 6.45) is 1.11. The summed E-state index contributed by atoms with van der Waals surface area (Å²) in [5.74, 6) is -0.135. The molecule has 9 heteroatoms. The second kappa shape index (κ2) is 14.2. The normalized spacial score (nSPS) is 12.0. The maximum absolute atomic E-state index is 14.2. The van der Waals surface area contributed by atoms with Crippen molar-refractivity contribution in [3.8, 4) is 5.75 Å². The molecule has 0 fully saturated rings. The number of aryl methyl sites for hydroxylation is 3. The average molecular weight is 580 g/mol. The molecule has 0 aliphatic heterocycles. The zero-order valence-corrected chi connectivity index (χ0v) is 25.6. The van der Waals surface area contributed by atoms with Gasteiger partial charge in [0.2, 0.25) is 11.8 Å². The van der Waals surface area contributed by atoms with E-state index in [9.17, 15) is 18.0 Å². The number of amides is 2. The predicted octanol–water partition coefficient (Wildman–Crippen LogP) is 5.15. The summed E-state index contributed by atoms with van der Waals surface area (Å²) in [5, 5.41) is 2.90. The summed E-state index contributed by atoms with van der Waals surface area (Å²) in [6.45, 7) is 9.55. The lowest BCUT2D eigenvalue weighted by molar-refractivity contribution is -0.140. The molecule has 8 nitrogen and oxygen atoms in total. The molecule has 1 atom stereocenters. The molecule has 0 unspecified atom stereocenters. The van der Waals surface area contributed by atoms with Crippen molar-refractivity contribution in [2.24, 2.45) is 0 Å². The van der Waals surface area contributed by atoms with Crippen molar-refractivity contribution in [2.45, 2.75) is 64.9 Å². The van der Waals surface area contributed by atoms with Crippen molar-refractivity contribution >= 4 is 27.5 Å². The number of carbonyl (C=O) groups is 2. The largest absolute Gasteiger partial charge is 0.497 e. The number of carbonyl (C=O) groups excluding carboxylic acids is 2. The van der Waals surface area contributed by atoms with Gasteiger partial charge in [0.15, 0.2) is 0 Å². The van der Waals surface area contributed by atoms with Gasteiger partial charge in [0.25, 0.3) is 10.0 Å². The molecule has 0 aliphatic carbocycles. The van der Waals surface area contributed by atoms with Gasteiger partial charge < -0.3 is 15.0 Å². The molecular weight excluding hydrogens is 538 g/mol. The molecule has 3 aromatic carbocycles. The first-order valence-corrected chi connectivity index (χ1v) is 15.3. The number of benzene rings is 3. The van der Waals surface area contributed by atoms with Crippen LogP contribution in [0.3, 0.4) is 0 Å². The fraction of sp³-hybridized carbons (Fsp3) is 0.375. The van der Waals surface area contributed by atoms with Crippen LogP contribution in [-0.4, -0.2) is 51.4 Å². The van der Waals surface area contributed by atoms with Crippen LogP contribution in [0, 0.1) is 20.8 Å². The molecule has 0 aromatic heterocycles. The molecule has 0 radical (unpaired) electrons. The van der Waals surface area contributed by atoms with E-state index < -0.39 is 28.5 Å². The van der Waals surface area contributed by atoms with Crippen LogP contribution in [0.25, 0.3) is 0 Å². The summed E-state index contributed by atoms with van der Waals surface area (Å²) in [5.41, 5.74) is 3.80. The van der Waals surface area contributed by atoms with Gasteiger partial charge >= 0.3 is 0 Å². The highest BCUT2D eigenvalue weighted by Crippen LogP contribution is 2.29. The Labute approximate surface area is 244 Å². The van der Waals surface area contributed by atoms with Gasteiger partial charge in [0.1, 0.15) is 18.3 Å². The Hall–Kier alpha value is -3.85. The molecule has 3 rings (SSSR count). The first-order chi connectivity index (χ1) is 19.5. The van der Waals surface area contributed by atoms with E-state index in [0.717, 1.165) is 33.0 Å². The van der Waals surface area contributed by atoms with Crippen LogP contribution in [-0.2, 0) is 26.2 Å². The van der Waals surface area contributed by atoms with Gasteiger partial charge in [-0.15, -0.1) is 0 Å². The van der Waals surface area contributed by atoms with Crippen LogP contribution in [0.15, 0.2) is 71.6 Å². The number of anilines is 1. The molecule has 1 N–H and O–H groups in total. The van der Waals surface area contributed by atoms with Gasteiger partial charge in [-0.05, 0) is 75.1 Å². The third kappa shape index (κ3) is 7.88. The fourth-order valence-corrected chi connectivity index (χ4v) is 6.17. The zero-order valence-electron chi connectivity index (χ0n) is 24.8. The Bertz CT molecular complexity index is 1450. The Morgan fingerprint density at radius 3 is 2.22 bits per heavy atom. The summed E-state index contributed by atoms with van der Waals surface area (Å²) in [4.78, 5) is 29.0. The molecule has 0 spiro atoms. The SMILES string of the molecule is CCCNC(=O)[C@H](CC)N(Cc1cccc(OC)c1)C(=O)CN(c1ccc(C)cc1C)S(=O)(=O)c1ccc(C)cc1. The number of ether oxygens (including phenoxy) is 1. The molecule has 0 heterocycles. The average Bonchev–Trinajstić information content (AvgIpc) is 2.95. The fourth-order valence-electron chi connectivity index (χ4n) is 4.69. The van der Waals surface area contributed by atoms with Gasteiger partial charge in [0, 0.05) is 13.1 Å². The smallest absolute Gasteiger partial charge is 0.264 e. The molecule has 2 amide bonds. The summed E-state index contributed by atoms with van der Waals surface area (Å²) in [7, 11) is -2.56. The van der Waals surface area contributed by atoms with Gasteiger partial charge in [-0.1, -0.05) is 61.4 Å². The Morgan fingerprint density at radius 1 is 0.927 bits per heavy atom. The van der Waals surface area contributed by atoms with Gasteiger partial charge in [-0.25, -0.2) is 8.42 Å². The van der Waals surface area contributed by atoms with E-state index in [-0.39, 0.29) is 17.3 Å². The second-order valence-corrected chi connectivity index (χ2v) is 12.1. The molecule has 0 bridgehead atoms. The Balaban J connectivity index is 2.09. The van der Waals surface area contributed by atoms with E-state index in [0.29, 0.717) is 24.4 Å². The van der Waals surface area contributed by atoms with E-state index in [4.69, 9.17) is 4.74 Å². The number of nitrogens with zero attached hydrogens (tertiary/aromatic N) is 2. The summed E-state index contributed by atoms with van der Waals surface area (Å²) in [6, 6.07) is 18.5. The number of hydrogen-bond donors (Lipinski definition) is 1. The highest BCUT2D eigenvalue weighted by atomic mass is 32.2. The quantitative estimate of drug-likeness (QED) is 0.302. The first-order valence-electron chi connectivity index (χ1n) is 13.9. The monoisotopic (exact) mass is 579 g/mol. The van der Waals surface area contributed by atoms with Crippen LogP contribution in [0.2, 0.25) is 0 Å². The summed E-state index contributed by atoms with van der Waals surface area (Å²) < 4.78 is 34.6. The topological polar surface area (TPSA) is 96.0 Å². The van der Waals surface area contributed by atoms with E-state index >= 15 is 0 Å². The minimum atomic E-state index is -4.12. The number of hydrogen-bond acceptors (Lipinski definition) is 5. The van der Waals surface area contributed by atoms with Crippen LogP contribution >= 0.6 is 0 Å². The van der Waals surface area contributed by atoms with Crippen molar-refractivity contribution in [2.75, 3.05) is 24.5 Å². The molecule has 0 aliphatic rings. The minimum absolute atomic E-state index is 0.0861. The van der Waals surface area contributed by atoms with E-state index in [2.05, 4.69) is 5.32 Å². The predicted molar refractivity (Wildman–Crippen MR) is 163 cm³/mol. The maximum atomic E-state index is 14.2. The Morgan fingerprint density at radius 2 is 1.61 bits per heavy atom. The standard InChI is InChI=1S/C32H41N3O5S/c1-7-18-33-32(37)29(8-2)34(21-26-10-9-11-27(20-26)40-6)31(36)22-35(30-17-14-24(4)19-25(30)5)41(38,39)28-15-12-23(3)13-16-28/h9-17,19-20,29H,7-8,18,21-22H2,1-6H3,(H,33,37)/t29-/m0/s1. The Kier molecular flexibility index (Phi) is 10.9. The third-order valence-corrected chi connectivity index (χ3v) is 8.71. The van der Waals surface area contributed by atoms with Crippen molar-refractivity contribution in [3.63, 3.8) is 0 Å². The maximum Gasteiger partial charge on any atom is 0.264 e. The van der Waals surface area contributed by atoms with E-state index in [1.54, 1.807) is 43.5 Å². The van der Waals surface area contributed by atoms with Crippen molar-refractivity contribution in [1.29, 1.82) is 0 Å². The van der Waals surface area contributed by atoms with Crippen molar-refractivity contribution < 1.29 is 22.7 Å². The highest BCUT2D eigenvalue weighted by Gasteiger charge is 2.34. The van der Waals surface area contributed by atoms with Crippen LogP contribution < -0.4 is 14.4 Å². The highest BCUT2D eigenvalue weighted by molar-refractivity contribution is 7.92. The van der Waals surface area contributed by atoms with Crippen LogP contribution in [0.4, 0.5) is 5.69 Å². The molecular formula is C32H41N3O5S. The van der Waals surface area contributed by atoms with Gasteiger partial charge in [-0.3, -0.25) is 13.9 Å².